The quantitative estimate of drug-likeness (QED) is 0.385. The number of nitrogens with zero attached hydrogens (tertiary/aromatic N) is 2. The molecule has 1 aliphatic heterocycles. The van der Waals surface area contributed by atoms with Gasteiger partial charge >= 0.3 is 0 Å². The Hall–Kier alpha value is -4.39. The molecule has 1 aromatic heterocycles. The molecule has 0 fully saturated rings. The smallest absolute Gasteiger partial charge is 0.257 e. The Kier molecular flexibility index (Phi) is 6.65. The third-order valence-electron chi connectivity index (χ3n) is 8.02. The number of hydrogen-bond acceptors (Lipinski definition) is 5. The number of amides is 1. The van der Waals surface area contributed by atoms with Crippen molar-refractivity contribution >= 4 is 11.6 Å². The number of methoxy groups -OCH3 is 1. The van der Waals surface area contributed by atoms with Gasteiger partial charge in [-0.3, -0.25) is 9.80 Å². The van der Waals surface area contributed by atoms with Gasteiger partial charge in [0.05, 0.1) is 24.5 Å². The number of halogens is 1. The van der Waals surface area contributed by atoms with Crippen LogP contribution in [0.15, 0.2) is 108 Å². The van der Waals surface area contributed by atoms with Crippen LogP contribution >= 0.6 is 0 Å². The molecular formula is C32H31FN4O2. The number of nitrogens with one attached hydrogen (secondary N) is 2. The lowest BCUT2D eigenvalue weighted by Crippen LogP contribution is -2.31. The molecule has 1 amide bonds. The molecule has 0 radical (unpaired) electrons. The summed E-state index contributed by atoms with van der Waals surface area (Å²) in [5.41, 5.74) is 10.9. The first kappa shape index (κ1) is 24.9. The molecule has 0 bridgehead atoms. The topological polar surface area (TPSA) is 66.5 Å². The monoisotopic (exact) mass is 522 g/mol. The van der Waals surface area contributed by atoms with Gasteiger partial charge in [0, 0.05) is 23.9 Å². The third kappa shape index (κ3) is 4.69. The molecule has 2 aromatic carbocycles. The van der Waals surface area contributed by atoms with Crippen LogP contribution < -0.4 is 20.5 Å². The Labute approximate surface area is 227 Å². The highest BCUT2D eigenvalue weighted by molar-refractivity contribution is 5.96. The number of allylic oxidation sites excluding steroid dienone is 4. The number of ether oxygens (including phenoxy) is 1. The fourth-order valence-electron chi connectivity index (χ4n) is 6.17. The summed E-state index contributed by atoms with van der Waals surface area (Å²) in [5.74, 6) is 0.434. The first-order chi connectivity index (χ1) is 19.0. The summed E-state index contributed by atoms with van der Waals surface area (Å²) in [5, 5.41) is 5.30. The van der Waals surface area contributed by atoms with Crippen LogP contribution in [0.2, 0.25) is 0 Å². The van der Waals surface area contributed by atoms with Crippen molar-refractivity contribution in [2.75, 3.05) is 12.1 Å². The summed E-state index contributed by atoms with van der Waals surface area (Å²) in [6, 6.07) is 20.0. The largest absolute Gasteiger partial charge is 0.480 e. The third-order valence-corrected chi connectivity index (χ3v) is 8.02. The van der Waals surface area contributed by atoms with E-state index in [0.29, 0.717) is 17.4 Å². The molecule has 0 spiro atoms. The second kappa shape index (κ2) is 10.4. The van der Waals surface area contributed by atoms with E-state index in [-0.39, 0.29) is 23.7 Å². The first-order valence-electron chi connectivity index (χ1n) is 13.3. The van der Waals surface area contributed by atoms with Crippen molar-refractivity contribution in [2.45, 2.75) is 32.2 Å². The number of pyridine rings is 1. The van der Waals surface area contributed by atoms with Crippen LogP contribution in [0.3, 0.4) is 0 Å². The normalized spacial score (nSPS) is 20.4. The Morgan fingerprint density at radius 1 is 1.15 bits per heavy atom. The maximum absolute atomic E-state index is 13.5. The van der Waals surface area contributed by atoms with Gasteiger partial charge in [-0.25, -0.2) is 9.37 Å². The minimum Gasteiger partial charge on any atom is -0.480 e. The van der Waals surface area contributed by atoms with Crippen molar-refractivity contribution in [1.29, 1.82) is 0 Å². The standard InChI is InChI=1S/C32H31FN4O2/c1-20-27-19-35-37(25-14-12-24(33)13-15-25)29(27)18-23-11-10-22(30(20)23)17-28(21-7-4-3-5-8-21)36-31(38)26-9-6-16-34-32(26)39-2/h3-9,12-16,18-20,22,28,35H,10-11,17H2,1-2H3,(H,36,38)/t20-,22+,28?/m0/s1. The lowest BCUT2D eigenvalue weighted by atomic mass is 9.78. The molecule has 6 nitrogen and oxygen atoms in total. The van der Waals surface area contributed by atoms with Crippen LogP contribution in [0.1, 0.15) is 48.1 Å². The Bertz CT molecular complexity index is 1480. The van der Waals surface area contributed by atoms with E-state index in [2.05, 4.69) is 47.1 Å². The number of aromatic nitrogens is 1. The van der Waals surface area contributed by atoms with E-state index in [1.54, 1.807) is 30.5 Å². The number of hydrazine groups is 1. The van der Waals surface area contributed by atoms with Crippen molar-refractivity contribution in [3.8, 4) is 5.88 Å². The summed E-state index contributed by atoms with van der Waals surface area (Å²) < 4.78 is 18.9. The van der Waals surface area contributed by atoms with E-state index < -0.39 is 0 Å². The predicted octanol–water partition coefficient (Wildman–Crippen LogP) is 6.24. The van der Waals surface area contributed by atoms with Gasteiger partial charge in [-0.1, -0.05) is 42.8 Å². The molecule has 0 saturated heterocycles. The first-order valence-corrected chi connectivity index (χ1v) is 13.3. The fraction of sp³-hybridized carbons (Fsp3) is 0.250. The highest BCUT2D eigenvalue weighted by atomic mass is 19.1. The zero-order valence-corrected chi connectivity index (χ0v) is 22.0. The Balaban J connectivity index is 1.28. The van der Waals surface area contributed by atoms with Crippen molar-refractivity contribution in [1.82, 2.24) is 15.7 Å². The number of rotatable bonds is 7. The molecular weight excluding hydrogens is 491 g/mol. The highest BCUT2D eigenvalue weighted by Crippen LogP contribution is 2.49. The summed E-state index contributed by atoms with van der Waals surface area (Å²) in [7, 11) is 1.52. The lowest BCUT2D eigenvalue weighted by Gasteiger charge is -2.31. The number of fused-ring (bicyclic) bond motifs is 1. The summed E-state index contributed by atoms with van der Waals surface area (Å²) in [6.45, 7) is 2.26. The predicted molar refractivity (Wildman–Crippen MR) is 149 cm³/mol. The summed E-state index contributed by atoms with van der Waals surface area (Å²) in [4.78, 5) is 17.6. The van der Waals surface area contributed by atoms with E-state index >= 15 is 0 Å². The molecule has 3 aromatic rings. The number of anilines is 1. The average Bonchev–Trinajstić information content (AvgIpc) is 3.58. The SMILES string of the molecule is COc1ncccc1C(=O)NC(C[C@H]1CCC2=C1[C@@H](C)C1=CNN(c3ccc(F)cc3)C1=C2)c1ccccc1. The zero-order valence-electron chi connectivity index (χ0n) is 22.0. The van der Waals surface area contributed by atoms with Crippen molar-refractivity contribution in [2.24, 2.45) is 11.8 Å². The maximum atomic E-state index is 13.5. The van der Waals surface area contributed by atoms with Gasteiger partial charge in [0.15, 0.2) is 0 Å². The van der Waals surface area contributed by atoms with E-state index in [1.165, 1.54) is 36.0 Å². The number of carbonyl (C=O) groups excluding carboxylic acids is 1. The second-order valence-electron chi connectivity index (χ2n) is 10.2. The molecule has 6 rings (SSSR count). The van der Waals surface area contributed by atoms with E-state index in [4.69, 9.17) is 4.74 Å². The average molecular weight is 523 g/mol. The van der Waals surface area contributed by atoms with E-state index in [1.807, 2.05) is 23.2 Å². The van der Waals surface area contributed by atoms with Gasteiger partial charge < -0.3 is 15.5 Å². The molecule has 0 saturated carbocycles. The Morgan fingerprint density at radius 2 is 1.95 bits per heavy atom. The van der Waals surface area contributed by atoms with Crippen molar-refractivity contribution in [3.63, 3.8) is 0 Å². The van der Waals surface area contributed by atoms with Gasteiger partial charge in [-0.2, -0.15) is 0 Å². The fourth-order valence-corrected chi connectivity index (χ4v) is 6.17. The number of carbonyl (C=O) groups is 1. The van der Waals surface area contributed by atoms with Crippen LogP contribution in [-0.2, 0) is 0 Å². The van der Waals surface area contributed by atoms with Gasteiger partial charge in [-0.15, -0.1) is 0 Å². The molecule has 3 aliphatic rings. The maximum Gasteiger partial charge on any atom is 0.257 e. The van der Waals surface area contributed by atoms with Crippen molar-refractivity contribution < 1.29 is 13.9 Å². The van der Waals surface area contributed by atoms with Crippen molar-refractivity contribution in [3.05, 3.63) is 125 Å². The molecule has 198 valence electrons. The van der Waals surface area contributed by atoms with Crippen LogP contribution in [0.5, 0.6) is 5.88 Å². The minimum absolute atomic E-state index is 0.163. The van der Waals surface area contributed by atoms with Crippen LogP contribution in [0.4, 0.5) is 10.1 Å². The highest BCUT2D eigenvalue weighted by Gasteiger charge is 2.39. The molecule has 2 aliphatic carbocycles. The number of hydrogen-bond donors (Lipinski definition) is 2. The summed E-state index contributed by atoms with van der Waals surface area (Å²) >= 11 is 0. The van der Waals surface area contributed by atoms with Gasteiger partial charge in [-0.05, 0) is 78.8 Å². The molecule has 1 unspecified atom stereocenters. The second-order valence-corrected chi connectivity index (χ2v) is 10.2. The van der Waals surface area contributed by atoms with Gasteiger partial charge in [0.2, 0.25) is 5.88 Å². The molecule has 3 atom stereocenters. The van der Waals surface area contributed by atoms with Gasteiger partial charge in [0.25, 0.3) is 5.91 Å². The van der Waals surface area contributed by atoms with Crippen LogP contribution in [0, 0.1) is 17.7 Å². The molecule has 39 heavy (non-hydrogen) atoms. The summed E-state index contributed by atoms with van der Waals surface area (Å²) in [6.07, 6.45) is 8.78. The van der Waals surface area contributed by atoms with E-state index in [9.17, 15) is 9.18 Å². The zero-order chi connectivity index (χ0) is 26.9. The lowest BCUT2D eigenvalue weighted by molar-refractivity contribution is 0.0927. The van der Waals surface area contributed by atoms with Crippen LogP contribution in [0.25, 0.3) is 0 Å². The molecule has 2 heterocycles. The van der Waals surface area contributed by atoms with Crippen LogP contribution in [-0.4, -0.2) is 18.0 Å². The molecule has 7 heteroatoms. The number of benzene rings is 2. The minimum atomic E-state index is -0.247. The molecule has 2 N–H and O–H groups in total. The van der Waals surface area contributed by atoms with E-state index in [0.717, 1.165) is 36.2 Å². The van der Waals surface area contributed by atoms with Gasteiger partial charge in [0.1, 0.15) is 11.4 Å². The Morgan fingerprint density at radius 3 is 2.72 bits per heavy atom.